The molecule has 0 spiro atoms. The number of benzene rings is 1. The zero-order valence-electron chi connectivity index (χ0n) is 12.9. The summed E-state index contributed by atoms with van der Waals surface area (Å²) in [7, 11) is 1.62. The predicted molar refractivity (Wildman–Crippen MR) is 88.8 cm³/mol. The highest BCUT2D eigenvalue weighted by Gasteiger charge is 2.19. The van der Waals surface area contributed by atoms with Gasteiger partial charge in [0.05, 0.1) is 12.6 Å². The number of halogens is 2. The third-order valence-electron chi connectivity index (χ3n) is 3.32. The van der Waals surface area contributed by atoms with E-state index < -0.39 is 6.04 Å². The Balaban J connectivity index is 2.58. The molecule has 0 aliphatic heterocycles. The molecule has 22 heavy (non-hydrogen) atoms. The summed E-state index contributed by atoms with van der Waals surface area (Å²) in [5.41, 5.74) is 6.39. The van der Waals surface area contributed by atoms with Crippen LogP contribution in [0.15, 0.2) is 18.2 Å². The standard InChI is InChI=1S/C15H21Cl2N3O2/c1-9(2)14(18)15(22)19-7-13(21)20(3)8-10-11(16)5-4-6-12(10)17/h4-6,9,14H,7-8,18H2,1-3H3,(H,19,22)/t14-/m0/s1. The summed E-state index contributed by atoms with van der Waals surface area (Å²) >= 11 is 12.1. The summed E-state index contributed by atoms with van der Waals surface area (Å²) in [5.74, 6) is -0.581. The van der Waals surface area contributed by atoms with Gasteiger partial charge in [-0.1, -0.05) is 43.1 Å². The number of carbonyl (C=O) groups excluding carboxylic acids is 2. The first kappa shape index (κ1) is 18.7. The summed E-state index contributed by atoms with van der Waals surface area (Å²) in [5, 5.41) is 3.53. The van der Waals surface area contributed by atoms with Crippen LogP contribution in [0.3, 0.4) is 0 Å². The molecule has 0 saturated carbocycles. The lowest BCUT2D eigenvalue weighted by molar-refractivity contribution is -0.132. The van der Waals surface area contributed by atoms with Gasteiger partial charge in [0.25, 0.3) is 0 Å². The van der Waals surface area contributed by atoms with E-state index in [1.54, 1.807) is 25.2 Å². The number of hydrogen-bond acceptors (Lipinski definition) is 3. The van der Waals surface area contributed by atoms with Crippen LogP contribution in [0.5, 0.6) is 0 Å². The van der Waals surface area contributed by atoms with Crippen LogP contribution in [0.25, 0.3) is 0 Å². The number of hydrogen-bond donors (Lipinski definition) is 2. The second kappa shape index (κ2) is 8.36. The van der Waals surface area contributed by atoms with E-state index in [1.165, 1.54) is 4.90 Å². The highest BCUT2D eigenvalue weighted by molar-refractivity contribution is 6.36. The Morgan fingerprint density at radius 1 is 1.27 bits per heavy atom. The smallest absolute Gasteiger partial charge is 0.242 e. The van der Waals surface area contributed by atoms with Gasteiger partial charge in [-0.2, -0.15) is 0 Å². The van der Waals surface area contributed by atoms with Gasteiger partial charge in [-0.25, -0.2) is 0 Å². The fourth-order valence-corrected chi connectivity index (χ4v) is 2.24. The van der Waals surface area contributed by atoms with Gasteiger partial charge in [-0.15, -0.1) is 0 Å². The van der Waals surface area contributed by atoms with Crippen molar-refractivity contribution < 1.29 is 9.59 Å². The topological polar surface area (TPSA) is 75.4 Å². The van der Waals surface area contributed by atoms with Crippen LogP contribution in [-0.4, -0.2) is 36.3 Å². The van der Waals surface area contributed by atoms with Gasteiger partial charge in [-0.3, -0.25) is 9.59 Å². The lowest BCUT2D eigenvalue weighted by Gasteiger charge is -2.20. The van der Waals surface area contributed by atoms with E-state index >= 15 is 0 Å². The van der Waals surface area contributed by atoms with E-state index in [9.17, 15) is 9.59 Å². The number of rotatable bonds is 6. The van der Waals surface area contributed by atoms with Crippen LogP contribution in [-0.2, 0) is 16.1 Å². The Morgan fingerprint density at radius 2 is 1.82 bits per heavy atom. The minimum atomic E-state index is -0.629. The highest BCUT2D eigenvalue weighted by atomic mass is 35.5. The molecule has 0 aliphatic rings. The van der Waals surface area contributed by atoms with Crippen molar-refractivity contribution in [2.75, 3.05) is 13.6 Å². The van der Waals surface area contributed by atoms with Crippen LogP contribution >= 0.6 is 23.2 Å². The molecule has 0 unspecified atom stereocenters. The number of nitrogens with two attached hydrogens (primary N) is 1. The van der Waals surface area contributed by atoms with Gasteiger partial charge in [-0.05, 0) is 18.1 Å². The number of carbonyl (C=O) groups is 2. The SMILES string of the molecule is CC(C)[C@H](N)C(=O)NCC(=O)N(C)Cc1c(Cl)cccc1Cl. The summed E-state index contributed by atoms with van der Waals surface area (Å²) in [6, 6.07) is 4.54. The lowest BCUT2D eigenvalue weighted by Crippen LogP contribution is -2.47. The zero-order valence-corrected chi connectivity index (χ0v) is 14.4. The van der Waals surface area contributed by atoms with Crippen molar-refractivity contribution in [1.82, 2.24) is 10.2 Å². The maximum absolute atomic E-state index is 12.1. The first-order valence-electron chi connectivity index (χ1n) is 6.94. The Kier molecular flexibility index (Phi) is 7.13. The lowest BCUT2D eigenvalue weighted by atomic mass is 10.1. The molecule has 0 radical (unpaired) electrons. The molecule has 0 aromatic heterocycles. The number of nitrogens with zero attached hydrogens (tertiary/aromatic N) is 1. The minimum Gasteiger partial charge on any atom is -0.346 e. The Morgan fingerprint density at radius 3 is 2.32 bits per heavy atom. The van der Waals surface area contributed by atoms with E-state index in [0.29, 0.717) is 15.6 Å². The Hall–Kier alpha value is -1.30. The average Bonchev–Trinajstić information content (AvgIpc) is 2.47. The van der Waals surface area contributed by atoms with Gasteiger partial charge in [0.2, 0.25) is 11.8 Å². The maximum Gasteiger partial charge on any atom is 0.242 e. The second-order valence-electron chi connectivity index (χ2n) is 5.44. The molecular formula is C15H21Cl2N3O2. The third kappa shape index (κ3) is 5.16. The van der Waals surface area contributed by atoms with Crippen LogP contribution in [0.1, 0.15) is 19.4 Å². The molecule has 7 heteroatoms. The molecule has 1 aromatic carbocycles. The summed E-state index contributed by atoms with van der Waals surface area (Å²) < 4.78 is 0. The molecule has 3 N–H and O–H groups in total. The molecule has 0 bridgehead atoms. The van der Waals surface area contributed by atoms with E-state index in [-0.39, 0.29) is 30.8 Å². The van der Waals surface area contributed by atoms with E-state index in [1.807, 2.05) is 13.8 Å². The molecule has 122 valence electrons. The molecule has 2 amide bonds. The van der Waals surface area contributed by atoms with Crippen molar-refractivity contribution in [2.24, 2.45) is 11.7 Å². The first-order chi connectivity index (χ1) is 10.2. The molecule has 0 heterocycles. The van der Waals surface area contributed by atoms with E-state index in [2.05, 4.69) is 5.32 Å². The largest absolute Gasteiger partial charge is 0.346 e. The molecule has 0 fully saturated rings. The quantitative estimate of drug-likeness (QED) is 0.828. The monoisotopic (exact) mass is 345 g/mol. The van der Waals surface area contributed by atoms with Crippen molar-refractivity contribution in [3.63, 3.8) is 0 Å². The number of likely N-dealkylation sites (N-methyl/N-ethyl adjacent to an activating group) is 1. The van der Waals surface area contributed by atoms with Crippen molar-refractivity contribution >= 4 is 35.0 Å². The average molecular weight is 346 g/mol. The van der Waals surface area contributed by atoms with Crippen molar-refractivity contribution in [2.45, 2.75) is 26.4 Å². The van der Waals surface area contributed by atoms with Crippen LogP contribution in [0.2, 0.25) is 10.0 Å². The highest BCUT2D eigenvalue weighted by Crippen LogP contribution is 2.25. The Bertz CT molecular complexity index is 529. The van der Waals surface area contributed by atoms with E-state index in [0.717, 1.165) is 0 Å². The van der Waals surface area contributed by atoms with Crippen molar-refractivity contribution in [3.05, 3.63) is 33.8 Å². The van der Waals surface area contributed by atoms with Gasteiger partial charge >= 0.3 is 0 Å². The summed E-state index contributed by atoms with van der Waals surface area (Å²) in [6.45, 7) is 3.84. The van der Waals surface area contributed by atoms with Gasteiger partial charge < -0.3 is 16.0 Å². The number of nitrogens with one attached hydrogen (secondary N) is 1. The first-order valence-corrected chi connectivity index (χ1v) is 7.69. The normalized spacial score (nSPS) is 12.1. The van der Waals surface area contributed by atoms with Crippen molar-refractivity contribution in [3.8, 4) is 0 Å². The molecule has 1 rings (SSSR count). The molecule has 0 aliphatic carbocycles. The second-order valence-corrected chi connectivity index (χ2v) is 6.25. The summed E-state index contributed by atoms with van der Waals surface area (Å²) in [6.07, 6.45) is 0. The molecular weight excluding hydrogens is 325 g/mol. The van der Waals surface area contributed by atoms with Gasteiger partial charge in [0, 0.05) is 29.2 Å². The molecule has 0 saturated heterocycles. The third-order valence-corrected chi connectivity index (χ3v) is 4.03. The summed E-state index contributed by atoms with van der Waals surface area (Å²) in [4.78, 5) is 25.2. The molecule has 5 nitrogen and oxygen atoms in total. The predicted octanol–water partition coefficient (Wildman–Crippen LogP) is 2.05. The maximum atomic E-state index is 12.1. The fraction of sp³-hybridized carbons (Fsp3) is 0.467. The minimum absolute atomic E-state index is 0.00904. The molecule has 1 aromatic rings. The van der Waals surface area contributed by atoms with Crippen LogP contribution in [0.4, 0.5) is 0 Å². The Labute approximate surface area is 140 Å². The van der Waals surface area contributed by atoms with Gasteiger partial charge in [0.1, 0.15) is 0 Å². The number of amides is 2. The molecule has 1 atom stereocenters. The fourth-order valence-electron chi connectivity index (χ4n) is 1.73. The van der Waals surface area contributed by atoms with Crippen molar-refractivity contribution in [1.29, 1.82) is 0 Å². The van der Waals surface area contributed by atoms with Gasteiger partial charge in [0.15, 0.2) is 0 Å². The van der Waals surface area contributed by atoms with Crippen LogP contribution < -0.4 is 11.1 Å². The van der Waals surface area contributed by atoms with E-state index in [4.69, 9.17) is 28.9 Å². The van der Waals surface area contributed by atoms with Crippen LogP contribution in [0, 0.1) is 5.92 Å². The zero-order chi connectivity index (χ0) is 16.9.